The number of hydrogen-bond donors (Lipinski definition) is 1. The van der Waals surface area contributed by atoms with Crippen molar-refractivity contribution in [3.63, 3.8) is 0 Å². The molecule has 0 radical (unpaired) electrons. The van der Waals surface area contributed by atoms with E-state index in [2.05, 4.69) is 9.71 Å². The molecule has 184 valence electrons. The first-order chi connectivity index (χ1) is 16.8. The number of benzene rings is 2. The first kappa shape index (κ1) is 25.4. The highest BCUT2D eigenvalue weighted by Crippen LogP contribution is 2.39. The van der Waals surface area contributed by atoms with Gasteiger partial charge in [0.15, 0.2) is 5.82 Å². The molecule has 0 saturated heterocycles. The normalized spacial score (nSPS) is 11.7. The van der Waals surface area contributed by atoms with Gasteiger partial charge in [-0.15, -0.1) is 23.1 Å². The molecule has 0 bridgehead atoms. The van der Waals surface area contributed by atoms with Crippen molar-refractivity contribution in [2.75, 3.05) is 17.1 Å². The smallest absolute Gasteiger partial charge is 0.261 e. The number of aromatic nitrogens is 2. The van der Waals surface area contributed by atoms with Crippen LogP contribution < -0.4 is 10.4 Å². The number of imidazole rings is 1. The molecule has 4 rings (SSSR count). The zero-order valence-corrected chi connectivity index (χ0v) is 21.9. The van der Waals surface area contributed by atoms with Crippen LogP contribution in [0.5, 0.6) is 0 Å². The fourth-order valence-corrected chi connectivity index (χ4v) is 7.20. The lowest BCUT2D eigenvalue weighted by Crippen LogP contribution is -2.17. The van der Waals surface area contributed by atoms with E-state index < -0.39 is 15.7 Å². The second-order valence-corrected chi connectivity index (χ2v) is 12.3. The van der Waals surface area contributed by atoms with Gasteiger partial charge >= 0.3 is 5.69 Å². The summed E-state index contributed by atoms with van der Waals surface area (Å²) >= 11 is 3.03. The van der Waals surface area contributed by atoms with Gasteiger partial charge in [0.2, 0.25) is 0 Å². The highest BCUT2D eigenvalue weighted by Gasteiger charge is 2.26. The summed E-state index contributed by atoms with van der Waals surface area (Å²) < 4.78 is 43.6. The van der Waals surface area contributed by atoms with Crippen LogP contribution in [0.1, 0.15) is 29.8 Å². The first-order valence-electron chi connectivity index (χ1n) is 11.2. The number of aryl methyl sites for hydroxylation is 1. The number of fused-ring (bicyclic) bond motifs is 1. The number of anilines is 1. The summed E-state index contributed by atoms with van der Waals surface area (Å²) in [7, 11) is -3.97. The Morgan fingerprint density at radius 2 is 1.69 bits per heavy atom. The maximum absolute atomic E-state index is 13.2. The van der Waals surface area contributed by atoms with Gasteiger partial charge in [-0.1, -0.05) is 48.9 Å². The Hall–Kier alpha value is -2.69. The van der Waals surface area contributed by atoms with Crippen LogP contribution in [0, 0.1) is 13.8 Å². The Morgan fingerprint density at radius 1 is 1.00 bits per heavy atom. The molecule has 2 aromatic rings. The number of nitrogens with one attached hydrogen (secondary N) is 1. The Labute approximate surface area is 212 Å². The monoisotopic (exact) mass is 531 g/mol. The van der Waals surface area contributed by atoms with Crippen LogP contribution in [-0.2, 0) is 10.0 Å². The maximum atomic E-state index is 13.2. The lowest BCUT2D eigenvalue weighted by molar-refractivity contribution is 0.460. The standard InChI is InChI=1S/C25H26FN3O3S3/c1-17-18(2)34-24(33-16-8-4-7-15-26)22-23(27-25(30)29(17)22)28-35(31,32)21-13-11-20(12-14-21)19-9-5-3-6-10-19/h3,5-6,9-14H,4,7-8,15-16H2,1-2H3,(H,27,28,30). The molecule has 35 heavy (non-hydrogen) atoms. The topological polar surface area (TPSA) is 81.1 Å². The van der Waals surface area contributed by atoms with Crippen molar-refractivity contribution in [1.82, 2.24) is 9.55 Å². The second kappa shape index (κ2) is 10.9. The molecular weight excluding hydrogens is 505 g/mol. The van der Waals surface area contributed by atoms with Gasteiger partial charge in [0, 0.05) is 10.6 Å². The molecular formula is C25H26FN3O3S3. The predicted molar refractivity (Wildman–Crippen MR) is 142 cm³/mol. The Morgan fingerprint density at radius 3 is 2.37 bits per heavy atom. The average Bonchev–Trinajstić information content (AvgIpc) is 3.17. The molecule has 1 N–H and O–H groups in total. The molecule has 2 heterocycles. The number of hydrogen-bond acceptors (Lipinski definition) is 6. The fourth-order valence-electron chi connectivity index (χ4n) is 3.67. The van der Waals surface area contributed by atoms with Crippen LogP contribution in [0.25, 0.3) is 16.8 Å². The third-order valence-corrected chi connectivity index (χ3v) is 9.53. The van der Waals surface area contributed by atoms with Gasteiger partial charge in [0.1, 0.15) is 5.69 Å². The predicted octanol–water partition coefficient (Wildman–Crippen LogP) is 6.05. The molecule has 2 aromatic carbocycles. The van der Waals surface area contributed by atoms with Gasteiger partial charge in [-0.05, 0) is 55.7 Å². The number of halogens is 1. The van der Waals surface area contributed by atoms with E-state index in [1.165, 1.54) is 27.7 Å². The van der Waals surface area contributed by atoms with Crippen molar-refractivity contribution in [2.45, 2.75) is 42.2 Å². The maximum Gasteiger partial charge on any atom is 0.354 e. The molecule has 2 aliphatic rings. The van der Waals surface area contributed by atoms with E-state index in [0.29, 0.717) is 12.1 Å². The molecule has 0 aromatic heterocycles. The molecule has 0 aliphatic carbocycles. The van der Waals surface area contributed by atoms with E-state index in [4.69, 9.17) is 0 Å². The van der Waals surface area contributed by atoms with Gasteiger partial charge in [0.25, 0.3) is 10.0 Å². The van der Waals surface area contributed by atoms with Gasteiger partial charge in [-0.25, -0.2) is 13.2 Å². The first-order valence-corrected chi connectivity index (χ1v) is 14.5. The van der Waals surface area contributed by atoms with Crippen molar-refractivity contribution in [1.29, 1.82) is 0 Å². The lowest BCUT2D eigenvalue weighted by Gasteiger charge is -2.16. The minimum absolute atomic E-state index is 0.0211. The number of rotatable bonds is 10. The highest BCUT2D eigenvalue weighted by molar-refractivity contribution is 8.01. The summed E-state index contributed by atoms with van der Waals surface area (Å²) in [5.41, 5.74) is 2.55. The number of unbranched alkanes of at least 4 members (excludes halogenated alkanes) is 2. The van der Waals surface area contributed by atoms with Crippen molar-refractivity contribution in [3.8, 4) is 16.8 Å². The SMILES string of the molecule is Cc1sc(SCCCCCF)c2c(NS(=O)(=O)c3ccc(-c4ccccc4)cc3)nc(=O)n-2c1C. The van der Waals surface area contributed by atoms with E-state index in [0.717, 1.165) is 44.5 Å². The minimum atomic E-state index is -3.97. The zero-order valence-electron chi connectivity index (χ0n) is 19.5. The van der Waals surface area contributed by atoms with E-state index >= 15 is 0 Å². The molecule has 0 unspecified atom stereocenters. The minimum Gasteiger partial charge on any atom is -0.261 e. The van der Waals surface area contributed by atoms with Crippen molar-refractivity contribution < 1.29 is 12.8 Å². The summed E-state index contributed by atoms with van der Waals surface area (Å²) in [6.07, 6.45) is 2.13. The van der Waals surface area contributed by atoms with Crippen molar-refractivity contribution in [2.24, 2.45) is 0 Å². The number of alkyl halides is 1. The molecule has 0 atom stereocenters. The summed E-state index contributed by atoms with van der Waals surface area (Å²) in [4.78, 5) is 17.8. The lowest BCUT2D eigenvalue weighted by atomic mass is 10.1. The molecule has 0 spiro atoms. The molecule has 0 fully saturated rings. The third kappa shape index (κ3) is 5.60. The van der Waals surface area contributed by atoms with Crippen LogP contribution in [0.3, 0.4) is 0 Å². The van der Waals surface area contributed by atoms with Gasteiger partial charge in [0.05, 0.1) is 15.8 Å². The molecule has 6 nitrogen and oxygen atoms in total. The van der Waals surface area contributed by atoms with Crippen LogP contribution in [-0.4, -0.2) is 30.4 Å². The zero-order chi connectivity index (χ0) is 25.0. The second-order valence-electron chi connectivity index (χ2n) is 8.05. The van der Waals surface area contributed by atoms with Crippen LogP contribution >= 0.6 is 23.1 Å². The van der Waals surface area contributed by atoms with Crippen molar-refractivity contribution in [3.05, 3.63) is 75.7 Å². The fraction of sp³-hybridized carbons (Fsp3) is 0.280. The highest BCUT2D eigenvalue weighted by atomic mass is 32.2. The summed E-state index contributed by atoms with van der Waals surface area (Å²) in [6, 6.07) is 16.3. The Balaban J connectivity index is 1.64. The average molecular weight is 532 g/mol. The summed E-state index contributed by atoms with van der Waals surface area (Å²) in [5.74, 6) is 0.758. The summed E-state index contributed by atoms with van der Waals surface area (Å²) in [6.45, 7) is 3.41. The molecule has 0 saturated carbocycles. The largest absolute Gasteiger partial charge is 0.354 e. The van der Waals surface area contributed by atoms with E-state index in [9.17, 15) is 17.6 Å². The molecule has 0 amide bonds. The molecule has 2 aliphatic heterocycles. The number of sulfonamides is 1. The van der Waals surface area contributed by atoms with Crippen molar-refractivity contribution >= 4 is 38.9 Å². The van der Waals surface area contributed by atoms with E-state index in [-0.39, 0.29) is 17.4 Å². The number of thioether (sulfide) groups is 1. The number of nitrogens with zero attached hydrogens (tertiary/aromatic N) is 2. The van der Waals surface area contributed by atoms with E-state index in [1.54, 1.807) is 24.3 Å². The Kier molecular flexibility index (Phi) is 7.93. The van der Waals surface area contributed by atoms with E-state index in [1.807, 2.05) is 44.2 Å². The van der Waals surface area contributed by atoms with Crippen LogP contribution in [0.2, 0.25) is 0 Å². The van der Waals surface area contributed by atoms with Crippen LogP contribution in [0.4, 0.5) is 10.2 Å². The Bertz CT molecular complexity index is 1430. The van der Waals surface area contributed by atoms with Crippen LogP contribution in [0.15, 0.2) is 68.5 Å². The van der Waals surface area contributed by atoms with Gasteiger partial charge in [-0.3, -0.25) is 13.7 Å². The third-order valence-electron chi connectivity index (χ3n) is 5.64. The quantitative estimate of drug-likeness (QED) is 0.199. The van der Waals surface area contributed by atoms with Gasteiger partial charge < -0.3 is 0 Å². The molecule has 10 heteroatoms. The summed E-state index contributed by atoms with van der Waals surface area (Å²) in [5, 5.41) is 0. The van der Waals surface area contributed by atoms with Gasteiger partial charge in [-0.2, -0.15) is 4.98 Å².